The zero-order chi connectivity index (χ0) is 54.5. The fourth-order valence-corrected chi connectivity index (χ4v) is 12.8. The molecule has 0 spiro atoms. The summed E-state index contributed by atoms with van der Waals surface area (Å²) in [6.45, 7) is 14.3. The smallest absolute Gasteiger partial charge is 0.329 e. The van der Waals surface area contributed by atoms with Gasteiger partial charge in [-0.15, -0.1) is 0 Å². The number of amides is 1. The van der Waals surface area contributed by atoms with Gasteiger partial charge >= 0.3 is 5.97 Å². The first kappa shape index (κ1) is 60.9. The minimum atomic E-state index is -3.17. The molecule has 1 aromatic carbocycles. The monoisotopic (exact) mass is 1050 g/mol. The van der Waals surface area contributed by atoms with Gasteiger partial charge in [0.1, 0.15) is 30.1 Å². The minimum Gasteiger partial charge on any atom is -0.460 e. The fraction of sp³-hybridized carbons (Fsp3) is 0.672. The number of ether oxygens (including phenoxy) is 5. The number of aliphatic hydroxyl groups is 2. The second-order valence-electron chi connectivity index (χ2n) is 21.8. The summed E-state index contributed by atoms with van der Waals surface area (Å²) in [5, 5.41) is 24.2. The molecule has 74 heavy (non-hydrogen) atoms. The first-order valence-electron chi connectivity index (χ1n) is 26.8. The lowest BCUT2D eigenvalue weighted by Gasteiger charge is -2.42. The summed E-state index contributed by atoms with van der Waals surface area (Å²) >= 11 is 0. The van der Waals surface area contributed by atoms with Gasteiger partial charge in [-0.2, -0.15) is 0 Å². The van der Waals surface area contributed by atoms with Gasteiger partial charge < -0.3 is 43.3 Å². The number of carbonyl (C=O) groups is 5. The number of rotatable bonds is 9. The van der Waals surface area contributed by atoms with E-state index in [9.17, 15) is 38.8 Å². The first-order valence-corrected chi connectivity index (χ1v) is 28.9. The highest BCUT2D eigenvalue weighted by molar-refractivity contribution is 7.66. The van der Waals surface area contributed by atoms with Crippen LogP contribution < -0.4 is 5.30 Å². The number of fused-ring (bicyclic) bond motifs is 3. The van der Waals surface area contributed by atoms with Crippen molar-refractivity contribution in [1.29, 1.82) is 0 Å². The molecule has 15 nitrogen and oxygen atoms in total. The molecule has 3 aliphatic heterocycles. The maximum atomic E-state index is 14.6. The van der Waals surface area contributed by atoms with Crippen LogP contribution in [-0.4, -0.2) is 133 Å². The maximum Gasteiger partial charge on any atom is 0.329 e. The highest BCUT2D eigenvalue weighted by Gasteiger charge is 2.53. The number of carbonyl (C=O) groups excluding carboxylic acids is 5. The molecule has 1 aliphatic carbocycles. The lowest BCUT2D eigenvalue weighted by molar-refractivity contribution is -0.265. The highest BCUT2D eigenvalue weighted by Crippen LogP contribution is 2.47. The van der Waals surface area contributed by atoms with E-state index in [1.807, 2.05) is 76.3 Å². The Balaban J connectivity index is 1.45. The second kappa shape index (κ2) is 27.9. The number of ketones is 3. The van der Waals surface area contributed by atoms with E-state index in [1.54, 1.807) is 59.9 Å². The number of aliphatic hydroxyl groups excluding tert-OH is 1. The molecule has 0 radical (unpaired) electrons. The molecule has 4 aliphatic rings. The summed E-state index contributed by atoms with van der Waals surface area (Å²) in [6.07, 6.45) is 11.0. The molecule has 1 aromatic rings. The van der Waals surface area contributed by atoms with Crippen LogP contribution in [0.1, 0.15) is 126 Å². The third-order valence-corrected chi connectivity index (χ3v) is 17.9. The van der Waals surface area contributed by atoms with E-state index in [0.717, 1.165) is 5.57 Å². The number of cyclic esters (lactones) is 1. The predicted molar refractivity (Wildman–Crippen MR) is 284 cm³/mol. The van der Waals surface area contributed by atoms with Crippen LogP contribution in [0.5, 0.6) is 0 Å². The lowest BCUT2D eigenvalue weighted by Crippen LogP contribution is -2.61. The molecule has 1 amide bonds. The molecule has 2 N–H and O–H groups in total. The second-order valence-corrected chi connectivity index (χ2v) is 24.3. The summed E-state index contributed by atoms with van der Waals surface area (Å²) in [5.74, 6) is -8.24. The number of methoxy groups -OCH3 is 3. The summed E-state index contributed by atoms with van der Waals surface area (Å²) in [6, 6.07) is 7.93. The molecule has 2 bridgehead atoms. The Labute approximate surface area is 440 Å². The third kappa shape index (κ3) is 15.8. The van der Waals surface area contributed by atoms with Crippen LogP contribution in [0.4, 0.5) is 0 Å². The molecule has 2 saturated heterocycles. The van der Waals surface area contributed by atoms with E-state index in [1.165, 1.54) is 12.0 Å². The number of allylic oxidation sites excluding steroid dienone is 6. The summed E-state index contributed by atoms with van der Waals surface area (Å²) in [4.78, 5) is 72.7. The molecule has 5 rings (SSSR count). The van der Waals surface area contributed by atoms with E-state index in [0.29, 0.717) is 75.1 Å². The normalized spacial score (nSPS) is 37.8. The molecular weight excluding hydrogens is 966 g/mol. The Morgan fingerprint density at radius 2 is 1.55 bits per heavy atom. The van der Waals surface area contributed by atoms with Crippen molar-refractivity contribution >= 4 is 41.9 Å². The minimum absolute atomic E-state index is 0.00601. The number of Topliss-reactive ketones (excluding diaryl/α,β-unsaturated/α-hetero) is 3. The van der Waals surface area contributed by atoms with Crippen molar-refractivity contribution in [2.45, 2.75) is 180 Å². The van der Waals surface area contributed by atoms with Crippen molar-refractivity contribution in [3.63, 3.8) is 0 Å². The molecule has 7 unspecified atom stereocenters. The van der Waals surface area contributed by atoms with Gasteiger partial charge in [0.25, 0.3) is 11.7 Å². The maximum absolute atomic E-state index is 14.6. The summed E-state index contributed by atoms with van der Waals surface area (Å²) in [5.41, 5.74) is 1.25. The molecule has 0 aromatic heterocycles. The molecule has 412 valence electrons. The zero-order valence-corrected chi connectivity index (χ0v) is 46.7. The number of hydrogen-bond donors (Lipinski definition) is 2. The van der Waals surface area contributed by atoms with Crippen LogP contribution in [0.25, 0.3) is 0 Å². The lowest BCUT2D eigenvalue weighted by atomic mass is 9.78. The Morgan fingerprint density at radius 3 is 2.23 bits per heavy atom. The number of esters is 1. The largest absolute Gasteiger partial charge is 0.460 e. The van der Waals surface area contributed by atoms with Crippen molar-refractivity contribution in [3.8, 4) is 0 Å². The van der Waals surface area contributed by atoms with Gasteiger partial charge in [-0.1, -0.05) is 89.3 Å². The Kier molecular flexibility index (Phi) is 23.0. The molecular formula is C58H86NO14P. The molecule has 16 atom stereocenters. The van der Waals surface area contributed by atoms with Crippen molar-refractivity contribution < 1.29 is 67.0 Å². The molecule has 3 heterocycles. The fourth-order valence-electron chi connectivity index (χ4n) is 11.2. The number of benzene rings is 1. The first-order chi connectivity index (χ1) is 35.0. The van der Waals surface area contributed by atoms with Crippen molar-refractivity contribution in [2.24, 2.45) is 35.5 Å². The number of nitrogens with zero attached hydrogens (tertiary/aromatic N) is 1. The van der Waals surface area contributed by atoms with Crippen LogP contribution in [0.2, 0.25) is 0 Å². The van der Waals surface area contributed by atoms with E-state index in [-0.39, 0.29) is 54.8 Å². The van der Waals surface area contributed by atoms with Gasteiger partial charge in [-0.05, 0) is 119 Å². The van der Waals surface area contributed by atoms with Crippen molar-refractivity contribution in [3.05, 3.63) is 77.9 Å². The quantitative estimate of drug-likeness (QED) is 0.103. The zero-order valence-electron chi connectivity index (χ0n) is 45.8. The molecule has 16 heteroatoms. The van der Waals surface area contributed by atoms with Crippen LogP contribution in [0.15, 0.2) is 77.9 Å². The van der Waals surface area contributed by atoms with Crippen LogP contribution in [0.3, 0.4) is 0 Å². The highest BCUT2D eigenvalue weighted by atomic mass is 31.2. The van der Waals surface area contributed by atoms with Crippen molar-refractivity contribution in [1.82, 2.24) is 4.90 Å². The van der Waals surface area contributed by atoms with Gasteiger partial charge in [0.2, 0.25) is 13.2 Å². The van der Waals surface area contributed by atoms with Gasteiger partial charge in [-0.3, -0.25) is 23.7 Å². The van der Waals surface area contributed by atoms with Gasteiger partial charge in [-0.25, -0.2) is 4.79 Å². The molecule has 1 saturated carbocycles. The van der Waals surface area contributed by atoms with E-state index in [4.69, 9.17) is 28.2 Å². The Morgan fingerprint density at radius 1 is 0.838 bits per heavy atom. The Bertz CT molecular complexity index is 2240. The van der Waals surface area contributed by atoms with Crippen LogP contribution >= 0.6 is 7.37 Å². The van der Waals surface area contributed by atoms with E-state index < -0.39 is 91.2 Å². The van der Waals surface area contributed by atoms with Crippen molar-refractivity contribution in [2.75, 3.05) is 34.5 Å². The number of hydrogen-bond acceptors (Lipinski definition) is 14. The third-order valence-electron chi connectivity index (χ3n) is 16.0. The Hall–Kier alpha value is -3.92. The van der Waals surface area contributed by atoms with Crippen LogP contribution in [-0.2, 0) is 56.7 Å². The van der Waals surface area contributed by atoms with E-state index >= 15 is 0 Å². The topological polar surface area (TPSA) is 202 Å². The van der Waals surface area contributed by atoms with Crippen LogP contribution in [0, 0.1) is 35.5 Å². The van der Waals surface area contributed by atoms with Gasteiger partial charge in [0.05, 0.1) is 24.4 Å². The predicted octanol–water partition coefficient (Wildman–Crippen LogP) is 8.44. The standard InChI is InChI=1S/C58H86NO14P/c1-36-20-14-12-15-21-37(2)49(68-8)34-44-27-25-42(7)58(66,72-44)55(63)56(64)59-29-19-18-24-46(59)57(65)71-50(35-47(60)38(3)31-41(6)53(62)54(70-10)52(61)40(5)30-36)39(4)32-43-26-28-48(51(33-43)69-9)73-74(11,67)45-22-16-13-17-23-45/h12-17,20-23,31,36,38-40,42-44,46,48-51,53-54,62,66H,18-19,24-30,32-35H2,1-11H3/b15-12+,20-14+,37-21+,41-31+/t36-,38-,39-,40?,42?,43?,44+,46?,48-,49+,50+,51?,53?,54+,58?,74-/m1/s1. The molecule has 3 fully saturated rings. The number of piperidine rings is 1. The van der Waals surface area contributed by atoms with E-state index in [2.05, 4.69) is 0 Å². The average molecular weight is 1050 g/mol. The average Bonchev–Trinajstić information content (AvgIpc) is 3.38. The van der Waals surface area contributed by atoms with Gasteiger partial charge in [0, 0.05) is 70.4 Å². The van der Waals surface area contributed by atoms with Gasteiger partial charge in [0.15, 0.2) is 5.78 Å². The summed E-state index contributed by atoms with van der Waals surface area (Å²) < 4.78 is 50.0. The summed E-state index contributed by atoms with van der Waals surface area (Å²) in [7, 11) is 1.39. The SMILES string of the molecule is COC1CC(C[C@@H](C)[C@@H]2CC(=O)[C@H](C)/C=C(\C)C(O)[C@@H](OC)C(=O)C(C)C[C@H](C)/C=C/C=C/C=C(\C)[C@@H](OC)C[C@@H]3CCC(C)C(O)(O3)C(=O)C(=O)N3CCCCC3C(=O)O2)CC[C@H]1O[P@@](C)(=O)c1ccccc1.